The minimum absolute atomic E-state index is 0.613. The molecule has 0 spiro atoms. The Morgan fingerprint density at radius 3 is 1.12 bits per heavy atom. The SMILES string of the molecule is COC(=O)[C@@H](C(C)=O)[C@@H](C(C)=O)C(=O)OC. The Morgan fingerprint density at radius 2 is 1.00 bits per heavy atom. The summed E-state index contributed by atoms with van der Waals surface area (Å²) in [5.41, 5.74) is 0. The van der Waals surface area contributed by atoms with Crippen LogP contribution in [0.25, 0.3) is 0 Å². The maximum atomic E-state index is 11.3. The Bertz CT molecular complexity index is 287. The highest BCUT2D eigenvalue weighted by Crippen LogP contribution is 2.18. The number of Topliss-reactive ketones (excluding diaryl/α,β-unsaturated/α-hetero) is 2. The standard InChI is InChI=1S/C10H14O6/c1-5(11)7(9(13)15-3)8(6(2)12)10(14)16-4/h7-8H,1-4H3/t7-,8+. The molecule has 0 saturated carbocycles. The van der Waals surface area contributed by atoms with Gasteiger partial charge >= 0.3 is 11.9 Å². The van der Waals surface area contributed by atoms with E-state index in [0.717, 1.165) is 28.1 Å². The second-order valence-electron chi connectivity index (χ2n) is 3.22. The van der Waals surface area contributed by atoms with E-state index in [-0.39, 0.29) is 0 Å². The monoisotopic (exact) mass is 230 g/mol. The van der Waals surface area contributed by atoms with Crippen LogP contribution in [0.2, 0.25) is 0 Å². The van der Waals surface area contributed by atoms with Gasteiger partial charge in [0.25, 0.3) is 0 Å². The van der Waals surface area contributed by atoms with Gasteiger partial charge in [-0.1, -0.05) is 0 Å². The highest BCUT2D eigenvalue weighted by Gasteiger charge is 2.41. The molecule has 0 heterocycles. The minimum Gasteiger partial charge on any atom is -0.468 e. The summed E-state index contributed by atoms with van der Waals surface area (Å²) in [5.74, 6) is -5.93. The molecule has 16 heavy (non-hydrogen) atoms. The molecule has 6 nitrogen and oxygen atoms in total. The highest BCUT2D eigenvalue weighted by molar-refractivity contribution is 6.10. The van der Waals surface area contributed by atoms with E-state index in [0.29, 0.717) is 0 Å². The van der Waals surface area contributed by atoms with E-state index in [1.807, 2.05) is 0 Å². The van der Waals surface area contributed by atoms with Crippen LogP contribution in [0.4, 0.5) is 0 Å². The van der Waals surface area contributed by atoms with Gasteiger partial charge in [0, 0.05) is 0 Å². The molecule has 0 aliphatic heterocycles. The predicted molar refractivity (Wildman–Crippen MR) is 52.4 cm³/mol. The van der Waals surface area contributed by atoms with E-state index in [9.17, 15) is 19.2 Å². The molecular weight excluding hydrogens is 216 g/mol. The van der Waals surface area contributed by atoms with Gasteiger partial charge in [0.2, 0.25) is 0 Å². The quantitative estimate of drug-likeness (QED) is 0.478. The van der Waals surface area contributed by atoms with E-state index in [4.69, 9.17) is 0 Å². The van der Waals surface area contributed by atoms with Crippen molar-refractivity contribution in [2.45, 2.75) is 13.8 Å². The Labute approximate surface area is 92.9 Å². The number of hydrogen-bond donors (Lipinski definition) is 0. The van der Waals surface area contributed by atoms with Gasteiger partial charge in [-0.3, -0.25) is 19.2 Å². The Kier molecular flexibility index (Phi) is 5.35. The first-order chi connectivity index (χ1) is 7.36. The van der Waals surface area contributed by atoms with E-state index in [1.165, 1.54) is 0 Å². The van der Waals surface area contributed by atoms with Crippen molar-refractivity contribution in [1.82, 2.24) is 0 Å². The lowest BCUT2D eigenvalue weighted by Gasteiger charge is -2.18. The predicted octanol–water partition coefficient (Wildman–Crippen LogP) is -0.257. The molecule has 0 radical (unpaired) electrons. The van der Waals surface area contributed by atoms with Gasteiger partial charge in [-0.15, -0.1) is 0 Å². The van der Waals surface area contributed by atoms with Crippen LogP contribution in [0.1, 0.15) is 13.8 Å². The van der Waals surface area contributed by atoms with Crippen LogP contribution in [0, 0.1) is 11.8 Å². The average Bonchev–Trinajstić information content (AvgIpc) is 2.22. The van der Waals surface area contributed by atoms with Crippen LogP contribution in [0.3, 0.4) is 0 Å². The third-order valence-corrected chi connectivity index (χ3v) is 2.12. The van der Waals surface area contributed by atoms with Gasteiger partial charge in [-0.05, 0) is 13.8 Å². The fourth-order valence-corrected chi connectivity index (χ4v) is 1.33. The molecule has 0 rings (SSSR count). The van der Waals surface area contributed by atoms with Crippen molar-refractivity contribution in [2.75, 3.05) is 14.2 Å². The molecule has 0 aromatic carbocycles. The van der Waals surface area contributed by atoms with E-state index in [1.54, 1.807) is 0 Å². The third kappa shape index (κ3) is 3.15. The molecule has 2 atom stereocenters. The first-order valence-electron chi connectivity index (χ1n) is 4.53. The van der Waals surface area contributed by atoms with Crippen molar-refractivity contribution in [1.29, 1.82) is 0 Å². The molecule has 0 fully saturated rings. The van der Waals surface area contributed by atoms with Crippen LogP contribution in [-0.2, 0) is 28.7 Å². The van der Waals surface area contributed by atoms with Crippen molar-refractivity contribution < 1.29 is 28.7 Å². The summed E-state index contributed by atoms with van der Waals surface area (Å²) in [7, 11) is 2.15. The van der Waals surface area contributed by atoms with Crippen LogP contribution in [0.5, 0.6) is 0 Å². The zero-order chi connectivity index (χ0) is 12.9. The number of ketones is 2. The van der Waals surface area contributed by atoms with E-state index >= 15 is 0 Å². The maximum absolute atomic E-state index is 11.3. The van der Waals surface area contributed by atoms with Crippen LogP contribution < -0.4 is 0 Å². The molecule has 0 bridgehead atoms. The smallest absolute Gasteiger partial charge is 0.317 e. The lowest BCUT2D eigenvalue weighted by Crippen LogP contribution is -2.40. The lowest BCUT2D eigenvalue weighted by atomic mass is 9.86. The summed E-state index contributed by atoms with van der Waals surface area (Å²) in [5, 5.41) is 0. The number of carbonyl (C=O) groups excluding carboxylic acids is 4. The second-order valence-corrected chi connectivity index (χ2v) is 3.22. The van der Waals surface area contributed by atoms with E-state index in [2.05, 4.69) is 9.47 Å². The van der Waals surface area contributed by atoms with Crippen molar-refractivity contribution >= 4 is 23.5 Å². The topological polar surface area (TPSA) is 86.7 Å². The van der Waals surface area contributed by atoms with Crippen molar-refractivity contribution in [3.63, 3.8) is 0 Å². The van der Waals surface area contributed by atoms with Gasteiger partial charge < -0.3 is 9.47 Å². The normalized spacial score (nSPS) is 13.5. The van der Waals surface area contributed by atoms with Gasteiger partial charge in [0.15, 0.2) is 0 Å². The van der Waals surface area contributed by atoms with Crippen molar-refractivity contribution in [2.24, 2.45) is 11.8 Å². The molecule has 0 aliphatic carbocycles. The zero-order valence-corrected chi connectivity index (χ0v) is 9.60. The molecule has 0 aromatic rings. The lowest BCUT2D eigenvalue weighted by molar-refractivity contribution is -0.163. The summed E-state index contributed by atoms with van der Waals surface area (Å²) in [6, 6.07) is 0. The molecule has 0 amide bonds. The Hall–Kier alpha value is -1.72. The zero-order valence-electron chi connectivity index (χ0n) is 9.60. The largest absolute Gasteiger partial charge is 0.468 e. The number of hydrogen-bond acceptors (Lipinski definition) is 6. The summed E-state index contributed by atoms with van der Waals surface area (Å²) >= 11 is 0. The number of ether oxygens (including phenoxy) is 2. The van der Waals surface area contributed by atoms with Crippen LogP contribution in [0.15, 0.2) is 0 Å². The molecule has 0 aliphatic rings. The summed E-state index contributed by atoms with van der Waals surface area (Å²) < 4.78 is 8.76. The number of methoxy groups -OCH3 is 2. The molecule has 0 N–H and O–H groups in total. The molecule has 0 aromatic heterocycles. The van der Waals surface area contributed by atoms with Crippen LogP contribution in [-0.4, -0.2) is 37.7 Å². The fourth-order valence-electron chi connectivity index (χ4n) is 1.33. The van der Waals surface area contributed by atoms with Crippen molar-refractivity contribution in [3.8, 4) is 0 Å². The first-order valence-corrected chi connectivity index (χ1v) is 4.53. The molecule has 6 heteroatoms. The summed E-state index contributed by atoms with van der Waals surface area (Å²) in [4.78, 5) is 45.1. The minimum atomic E-state index is -1.44. The molecule has 0 saturated heterocycles. The maximum Gasteiger partial charge on any atom is 0.317 e. The molecular formula is C10H14O6. The Morgan fingerprint density at radius 1 is 0.750 bits per heavy atom. The van der Waals surface area contributed by atoms with Gasteiger partial charge in [0.05, 0.1) is 14.2 Å². The molecule has 0 unspecified atom stereocenters. The average molecular weight is 230 g/mol. The number of carbonyl (C=O) groups is 4. The number of esters is 2. The van der Waals surface area contributed by atoms with Gasteiger partial charge in [-0.25, -0.2) is 0 Å². The summed E-state index contributed by atoms with van der Waals surface area (Å²) in [6.07, 6.45) is 0. The first kappa shape index (κ1) is 14.3. The fraction of sp³-hybridized carbons (Fsp3) is 0.600. The molecule has 90 valence electrons. The highest BCUT2D eigenvalue weighted by atomic mass is 16.5. The third-order valence-electron chi connectivity index (χ3n) is 2.12. The van der Waals surface area contributed by atoms with E-state index < -0.39 is 35.3 Å². The van der Waals surface area contributed by atoms with Gasteiger partial charge in [-0.2, -0.15) is 0 Å². The Balaban J connectivity index is 5.27. The second kappa shape index (κ2) is 5.99. The van der Waals surface area contributed by atoms with Crippen molar-refractivity contribution in [3.05, 3.63) is 0 Å². The number of rotatable bonds is 5. The van der Waals surface area contributed by atoms with Crippen LogP contribution >= 0.6 is 0 Å². The summed E-state index contributed by atoms with van der Waals surface area (Å²) in [6.45, 7) is 2.22. The van der Waals surface area contributed by atoms with Gasteiger partial charge in [0.1, 0.15) is 23.4 Å².